The van der Waals surface area contributed by atoms with Gasteiger partial charge in [0.1, 0.15) is 6.04 Å². The van der Waals surface area contributed by atoms with Crippen LogP contribution >= 0.6 is 0 Å². The van der Waals surface area contributed by atoms with Gasteiger partial charge in [-0.2, -0.15) is 8.42 Å². The number of hydrogen-bond donors (Lipinski definition) is 4. The average Bonchev–Trinajstić information content (AvgIpc) is 2.63. The van der Waals surface area contributed by atoms with Gasteiger partial charge in [-0.3, -0.25) is 14.8 Å². The Morgan fingerprint density at radius 2 is 2.20 bits per heavy atom. The van der Waals surface area contributed by atoms with Crippen molar-refractivity contribution in [2.75, 3.05) is 7.05 Å². The fraction of sp³-hybridized carbons (Fsp3) is 0.400. The van der Waals surface area contributed by atoms with Gasteiger partial charge in [-0.15, -0.1) is 0 Å². The van der Waals surface area contributed by atoms with E-state index in [1.165, 1.54) is 24.1 Å². The molecular weight excluding hydrogens is 288 g/mol. The molecule has 1 aliphatic carbocycles. The van der Waals surface area contributed by atoms with Crippen LogP contribution in [0.5, 0.6) is 0 Å². The summed E-state index contributed by atoms with van der Waals surface area (Å²) in [6.45, 7) is 0. The number of likely N-dealkylation sites (N-methyl/N-ethyl adjacent to an activating group) is 1. The lowest BCUT2D eigenvalue weighted by Crippen LogP contribution is -2.49. The van der Waals surface area contributed by atoms with Crippen molar-refractivity contribution in [2.24, 2.45) is 5.73 Å². The van der Waals surface area contributed by atoms with Gasteiger partial charge >= 0.3 is 6.03 Å². The summed E-state index contributed by atoms with van der Waals surface area (Å²) in [6.07, 6.45) is 2.82. The van der Waals surface area contributed by atoms with Gasteiger partial charge in [0.05, 0.1) is 0 Å². The first-order valence-corrected chi connectivity index (χ1v) is 7.17. The van der Waals surface area contributed by atoms with E-state index in [0.717, 1.165) is 0 Å². The number of carbonyl (C=O) groups is 2. The van der Waals surface area contributed by atoms with Crippen LogP contribution in [0.1, 0.15) is 6.42 Å². The van der Waals surface area contributed by atoms with Crippen LogP contribution in [0.4, 0.5) is 4.79 Å². The van der Waals surface area contributed by atoms with E-state index in [1.807, 2.05) is 0 Å². The zero-order valence-electron chi connectivity index (χ0n) is 10.5. The van der Waals surface area contributed by atoms with Gasteiger partial charge in [0.2, 0.25) is 0 Å². The number of primary amides is 1. The van der Waals surface area contributed by atoms with Crippen LogP contribution in [-0.4, -0.2) is 48.1 Å². The van der Waals surface area contributed by atoms with Gasteiger partial charge < -0.3 is 10.6 Å². The van der Waals surface area contributed by atoms with E-state index >= 15 is 0 Å². The van der Waals surface area contributed by atoms with Crippen molar-refractivity contribution in [2.45, 2.75) is 17.8 Å². The second-order valence-electron chi connectivity index (χ2n) is 4.52. The lowest BCUT2D eigenvalue weighted by molar-refractivity contribution is -0.115. The molecule has 0 radical (unpaired) electrons. The first-order valence-electron chi connectivity index (χ1n) is 5.67. The molecule has 1 fully saturated rings. The minimum atomic E-state index is -4.25. The van der Waals surface area contributed by atoms with E-state index in [0.29, 0.717) is 11.3 Å². The van der Waals surface area contributed by atoms with E-state index < -0.39 is 27.6 Å². The maximum absolute atomic E-state index is 11.8. The lowest BCUT2D eigenvalue weighted by Gasteiger charge is -2.22. The normalized spacial score (nSPS) is 25.9. The highest BCUT2D eigenvalue weighted by atomic mass is 32.2. The number of nitrogens with two attached hydrogens (primary N) is 1. The largest absolute Gasteiger partial charge is 0.356 e. The molecule has 20 heavy (non-hydrogen) atoms. The molecule has 0 saturated carbocycles. The number of hydrogen-bond acceptors (Lipinski definition) is 6. The molecule has 110 valence electrons. The third-order valence-corrected chi connectivity index (χ3v) is 4.35. The van der Waals surface area contributed by atoms with Gasteiger partial charge in [0.25, 0.3) is 10.1 Å². The number of nitrogens with one attached hydrogen (secondary N) is 2. The second-order valence-corrected chi connectivity index (χ2v) is 6.09. The Hall–Kier alpha value is -1.91. The van der Waals surface area contributed by atoms with Gasteiger partial charge in [-0.1, -0.05) is 6.08 Å². The Labute approximate surface area is 115 Å². The van der Waals surface area contributed by atoms with Gasteiger partial charge in [0, 0.05) is 25.2 Å². The number of allylic oxidation sites excluding steroid dienone is 1. The Bertz CT molecular complexity index is 624. The molecule has 2 aliphatic rings. The Morgan fingerprint density at radius 3 is 2.75 bits per heavy atom. The summed E-state index contributed by atoms with van der Waals surface area (Å²) in [5, 5.41) is -1.12. The van der Waals surface area contributed by atoms with Crippen LogP contribution in [-0.2, 0) is 14.9 Å². The summed E-state index contributed by atoms with van der Waals surface area (Å²) in [6, 6.07) is -1.67. The predicted molar refractivity (Wildman–Crippen MR) is 68.5 cm³/mol. The standard InChI is InChI=1S/C10H14N4O5S/c1-14-7-4-8(15)6(12-13-10(11)16)2-5(7)3-9(14)20(17,18)19/h2,4,6,9,12H,3H2,1H3,(H3,11,13,16)(H,17,18,19). The monoisotopic (exact) mass is 302 g/mol. The first kappa shape index (κ1) is 14.5. The molecule has 2 amide bonds. The molecule has 0 spiro atoms. The van der Waals surface area contributed by atoms with Gasteiger partial charge in [-0.25, -0.2) is 10.2 Å². The van der Waals surface area contributed by atoms with E-state index in [-0.39, 0.29) is 12.2 Å². The number of carbonyl (C=O) groups excluding carboxylic acids is 2. The lowest BCUT2D eigenvalue weighted by atomic mass is 9.99. The number of fused-ring (bicyclic) bond motifs is 1. The van der Waals surface area contributed by atoms with E-state index in [2.05, 4.69) is 10.9 Å². The number of hydrazine groups is 1. The van der Waals surface area contributed by atoms with Crippen LogP contribution in [0.3, 0.4) is 0 Å². The van der Waals surface area contributed by atoms with Crippen molar-refractivity contribution in [3.8, 4) is 0 Å². The first-order chi connectivity index (χ1) is 9.20. The minimum absolute atomic E-state index is 0.0587. The Morgan fingerprint density at radius 1 is 1.55 bits per heavy atom. The molecule has 1 aliphatic heterocycles. The third-order valence-electron chi connectivity index (χ3n) is 3.18. The molecule has 5 N–H and O–H groups in total. The summed E-state index contributed by atoms with van der Waals surface area (Å²) in [5.41, 5.74) is 10.4. The second kappa shape index (κ2) is 4.89. The van der Waals surface area contributed by atoms with Gasteiger partial charge in [0.15, 0.2) is 11.2 Å². The van der Waals surface area contributed by atoms with Crippen molar-refractivity contribution in [1.29, 1.82) is 0 Å². The van der Waals surface area contributed by atoms with Crippen LogP contribution < -0.4 is 16.6 Å². The Kier molecular flexibility index (Phi) is 3.54. The van der Waals surface area contributed by atoms with E-state index in [1.54, 1.807) is 0 Å². The highest BCUT2D eigenvalue weighted by Gasteiger charge is 2.40. The van der Waals surface area contributed by atoms with E-state index in [4.69, 9.17) is 10.3 Å². The summed E-state index contributed by atoms with van der Waals surface area (Å²) in [5.74, 6) is -0.361. The van der Waals surface area contributed by atoms with Crippen molar-refractivity contribution < 1.29 is 22.6 Å². The minimum Gasteiger partial charge on any atom is -0.356 e. The van der Waals surface area contributed by atoms with E-state index in [9.17, 15) is 18.0 Å². The molecule has 0 aromatic carbocycles. The average molecular weight is 302 g/mol. The fourth-order valence-electron chi connectivity index (χ4n) is 2.23. The van der Waals surface area contributed by atoms with Crippen LogP contribution in [0.25, 0.3) is 0 Å². The maximum Gasteiger partial charge on any atom is 0.326 e. The molecule has 2 unspecified atom stereocenters. The fourth-order valence-corrected chi connectivity index (χ4v) is 3.14. The smallest absolute Gasteiger partial charge is 0.326 e. The molecule has 0 aromatic rings. The molecule has 2 atom stereocenters. The third kappa shape index (κ3) is 2.66. The number of ketones is 1. The summed E-state index contributed by atoms with van der Waals surface area (Å²) in [7, 11) is -2.77. The maximum atomic E-state index is 11.8. The molecule has 0 aromatic heterocycles. The predicted octanol–water partition coefficient (Wildman–Crippen LogP) is -1.53. The van der Waals surface area contributed by atoms with Crippen LogP contribution in [0.2, 0.25) is 0 Å². The highest BCUT2D eigenvalue weighted by Crippen LogP contribution is 2.35. The summed E-state index contributed by atoms with van der Waals surface area (Å²) in [4.78, 5) is 23.8. The summed E-state index contributed by atoms with van der Waals surface area (Å²) >= 11 is 0. The number of nitrogens with zero attached hydrogens (tertiary/aromatic N) is 1. The molecule has 0 bridgehead atoms. The molecule has 2 rings (SSSR count). The molecule has 10 heteroatoms. The molecule has 1 heterocycles. The highest BCUT2D eigenvalue weighted by molar-refractivity contribution is 7.86. The number of likely N-dealkylation sites (tertiary alicyclic amines) is 1. The number of rotatable bonds is 3. The van der Waals surface area contributed by atoms with Crippen molar-refractivity contribution in [1.82, 2.24) is 15.8 Å². The molecular formula is C10H14N4O5S. The molecule has 1 saturated heterocycles. The summed E-state index contributed by atoms with van der Waals surface area (Å²) < 4.78 is 31.6. The van der Waals surface area contributed by atoms with Crippen molar-refractivity contribution in [3.63, 3.8) is 0 Å². The number of urea groups is 1. The quantitative estimate of drug-likeness (QED) is 0.366. The zero-order chi connectivity index (χ0) is 15.1. The van der Waals surface area contributed by atoms with Crippen LogP contribution in [0.15, 0.2) is 23.4 Å². The molecule has 9 nitrogen and oxygen atoms in total. The Balaban J connectivity index is 2.24. The zero-order valence-corrected chi connectivity index (χ0v) is 11.3. The van der Waals surface area contributed by atoms with Crippen LogP contribution in [0, 0.1) is 0 Å². The number of amides is 2. The SMILES string of the molecule is CN1C2=CC(=O)C(NNC(N)=O)C=C2CC1S(=O)(=O)O. The van der Waals surface area contributed by atoms with Crippen molar-refractivity contribution >= 4 is 21.9 Å². The topological polar surface area (TPSA) is 142 Å². The van der Waals surface area contributed by atoms with Gasteiger partial charge in [-0.05, 0) is 5.57 Å². The van der Waals surface area contributed by atoms with Crippen molar-refractivity contribution in [3.05, 3.63) is 23.4 Å².